The Labute approximate surface area is 67.0 Å². The summed E-state index contributed by atoms with van der Waals surface area (Å²) in [6.07, 6.45) is -1.03. The molecule has 3 nitrogen and oxygen atoms in total. The summed E-state index contributed by atoms with van der Waals surface area (Å²) in [5.41, 5.74) is 6.06. The van der Waals surface area contributed by atoms with Gasteiger partial charge in [0.1, 0.15) is 0 Å². The van der Waals surface area contributed by atoms with Crippen LogP contribution in [0.15, 0.2) is 0 Å². The zero-order valence-electron chi connectivity index (χ0n) is 5.71. The Hall–Kier alpha value is -0.680. The number of halogens is 1. The second-order valence-electron chi connectivity index (χ2n) is 2.35. The molecule has 1 aromatic heterocycles. The van der Waals surface area contributed by atoms with E-state index in [-0.39, 0.29) is 6.61 Å². The van der Waals surface area contributed by atoms with Gasteiger partial charge in [-0.3, -0.25) is 0 Å². The summed E-state index contributed by atoms with van der Waals surface area (Å²) < 4.78 is 17.9. The molecule has 2 N–H and O–H groups in total. The average molecular weight is 174 g/mol. The van der Waals surface area contributed by atoms with Crippen molar-refractivity contribution in [1.82, 2.24) is 4.98 Å². The number of anilines is 1. The Morgan fingerprint density at radius 3 is 3.27 bits per heavy atom. The molecule has 2 heterocycles. The first-order valence-electron chi connectivity index (χ1n) is 3.24. The van der Waals surface area contributed by atoms with Crippen molar-refractivity contribution in [1.29, 1.82) is 0 Å². The molecule has 0 amide bonds. The summed E-state index contributed by atoms with van der Waals surface area (Å²) >= 11 is 1.21. The molecular weight excluding hydrogens is 167 g/mol. The van der Waals surface area contributed by atoms with E-state index in [2.05, 4.69) is 4.98 Å². The van der Waals surface area contributed by atoms with Crippen molar-refractivity contribution in [3.8, 4) is 0 Å². The van der Waals surface area contributed by atoms with Crippen molar-refractivity contribution < 1.29 is 9.13 Å². The zero-order chi connectivity index (χ0) is 7.84. The lowest BCUT2D eigenvalue weighted by Gasteiger charge is -2.13. The quantitative estimate of drug-likeness (QED) is 0.644. The Bertz CT molecular complexity index is 276. The minimum atomic E-state index is -1.03. The van der Waals surface area contributed by atoms with Crippen LogP contribution in [0.4, 0.5) is 9.52 Å². The van der Waals surface area contributed by atoms with Crippen LogP contribution in [0.5, 0.6) is 0 Å². The number of aromatic nitrogens is 1. The van der Waals surface area contributed by atoms with Gasteiger partial charge < -0.3 is 10.5 Å². The molecule has 1 aliphatic heterocycles. The first kappa shape index (κ1) is 7.00. The molecule has 0 aromatic carbocycles. The van der Waals surface area contributed by atoms with Gasteiger partial charge in [0.2, 0.25) is 0 Å². The van der Waals surface area contributed by atoms with Gasteiger partial charge in [0.05, 0.1) is 23.8 Å². The van der Waals surface area contributed by atoms with Crippen LogP contribution in [0, 0.1) is 0 Å². The smallest absolute Gasteiger partial charge is 0.180 e. The number of fused-ring (bicyclic) bond motifs is 1. The van der Waals surface area contributed by atoms with Crippen molar-refractivity contribution in [2.24, 2.45) is 0 Å². The molecule has 0 radical (unpaired) electrons. The van der Waals surface area contributed by atoms with Crippen LogP contribution >= 0.6 is 11.3 Å². The fraction of sp³-hybridized carbons (Fsp3) is 0.500. The SMILES string of the molecule is Nc1nc2c(s1)C(F)COC2. The predicted octanol–water partition coefficient (Wildman–Crippen LogP) is 1.27. The first-order chi connectivity index (χ1) is 5.27. The molecule has 1 unspecified atom stereocenters. The van der Waals surface area contributed by atoms with E-state index in [1.807, 2.05) is 0 Å². The predicted molar refractivity (Wildman–Crippen MR) is 40.0 cm³/mol. The number of nitrogen functional groups attached to an aromatic ring is 1. The fourth-order valence-electron chi connectivity index (χ4n) is 1.07. The molecule has 2 rings (SSSR count). The molecule has 5 heteroatoms. The molecule has 1 aliphatic rings. The summed E-state index contributed by atoms with van der Waals surface area (Å²) in [6, 6.07) is 0. The molecule has 0 fully saturated rings. The third-order valence-corrected chi connectivity index (χ3v) is 2.54. The standard InChI is InChI=1S/C6H7FN2OS/c7-3-1-10-2-4-5(3)11-6(8)9-4/h3H,1-2H2,(H2,8,9). The van der Waals surface area contributed by atoms with Gasteiger partial charge in [-0.15, -0.1) is 0 Å². The van der Waals surface area contributed by atoms with Crippen molar-refractivity contribution in [2.45, 2.75) is 12.8 Å². The Balaban J connectivity index is 2.43. The van der Waals surface area contributed by atoms with Crippen molar-refractivity contribution in [3.63, 3.8) is 0 Å². The van der Waals surface area contributed by atoms with Gasteiger partial charge in [-0.25, -0.2) is 9.37 Å². The van der Waals surface area contributed by atoms with Crippen LogP contribution in [-0.2, 0) is 11.3 Å². The molecule has 1 atom stereocenters. The maximum atomic E-state index is 13.0. The maximum absolute atomic E-state index is 13.0. The molecular formula is C6H7FN2OS. The number of hydrogen-bond acceptors (Lipinski definition) is 4. The van der Waals surface area contributed by atoms with E-state index >= 15 is 0 Å². The Morgan fingerprint density at radius 1 is 1.73 bits per heavy atom. The molecule has 0 spiro atoms. The fourth-order valence-corrected chi connectivity index (χ4v) is 1.86. The number of alkyl halides is 1. The van der Waals surface area contributed by atoms with Crippen LogP contribution < -0.4 is 5.73 Å². The second-order valence-corrected chi connectivity index (χ2v) is 3.41. The normalized spacial score (nSPS) is 23.2. The van der Waals surface area contributed by atoms with Gasteiger partial charge in [0.25, 0.3) is 0 Å². The van der Waals surface area contributed by atoms with E-state index in [0.717, 1.165) is 0 Å². The Morgan fingerprint density at radius 2 is 2.55 bits per heavy atom. The number of nitrogens with two attached hydrogens (primary N) is 1. The van der Waals surface area contributed by atoms with E-state index in [0.29, 0.717) is 22.3 Å². The lowest BCUT2D eigenvalue weighted by molar-refractivity contribution is 0.0513. The van der Waals surface area contributed by atoms with E-state index < -0.39 is 6.17 Å². The summed E-state index contributed by atoms with van der Waals surface area (Å²) in [5.74, 6) is 0. The molecule has 0 saturated carbocycles. The van der Waals surface area contributed by atoms with E-state index in [4.69, 9.17) is 10.5 Å². The zero-order valence-corrected chi connectivity index (χ0v) is 6.53. The monoisotopic (exact) mass is 174 g/mol. The number of rotatable bonds is 0. The van der Waals surface area contributed by atoms with Gasteiger partial charge in [-0.1, -0.05) is 11.3 Å². The van der Waals surface area contributed by atoms with E-state index in [1.165, 1.54) is 11.3 Å². The van der Waals surface area contributed by atoms with E-state index in [9.17, 15) is 4.39 Å². The second kappa shape index (κ2) is 2.42. The highest BCUT2D eigenvalue weighted by Crippen LogP contribution is 2.33. The van der Waals surface area contributed by atoms with Crippen molar-refractivity contribution in [3.05, 3.63) is 10.6 Å². The highest BCUT2D eigenvalue weighted by atomic mass is 32.1. The van der Waals surface area contributed by atoms with Crippen LogP contribution in [0.1, 0.15) is 16.7 Å². The van der Waals surface area contributed by atoms with Gasteiger partial charge in [-0.05, 0) is 0 Å². The lowest BCUT2D eigenvalue weighted by Crippen LogP contribution is -2.11. The van der Waals surface area contributed by atoms with Gasteiger partial charge in [-0.2, -0.15) is 0 Å². The van der Waals surface area contributed by atoms with Crippen molar-refractivity contribution in [2.75, 3.05) is 12.3 Å². The number of thiazole rings is 1. The number of nitrogens with zero attached hydrogens (tertiary/aromatic N) is 1. The minimum absolute atomic E-state index is 0.134. The minimum Gasteiger partial charge on any atom is -0.375 e. The van der Waals surface area contributed by atoms with Crippen LogP contribution in [0.25, 0.3) is 0 Å². The molecule has 0 saturated heterocycles. The third-order valence-electron chi connectivity index (χ3n) is 1.53. The van der Waals surface area contributed by atoms with E-state index in [1.54, 1.807) is 0 Å². The molecule has 0 bridgehead atoms. The lowest BCUT2D eigenvalue weighted by atomic mass is 10.2. The molecule has 1 aromatic rings. The van der Waals surface area contributed by atoms with Crippen LogP contribution in [0.3, 0.4) is 0 Å². The summed E-state index contributed by atoms with van der Waals surface area (Å²) in [7, 11) is 0. The number of ether oxygens (including phenoxy) is 1. The average Bonchev–Trinajstić information content (AvgIpc) is 2.31. The summed E-state index contributed by atoms with van der Waals surface area (Å²) in [4.78, 5) is 4.57. The first-order valence-corrected chi connectivity index (χ1v) is 4.06. The van der Waals surface area contributed by atoms with Crippen molar-refractivity contribution >= 4 is 16.5 Å². The molecule has 60 valence electrons. The highest BCUT2D eigenvalue weighted by Gasteiger charge is 2.23. The van der Waals surface area contributed by atoms with Crippen LogP contribution in [0.2, 0.25) is 0 Å². The highest BCUT2D eigenvalue weighted by molar-refractivity contribution is 7.15. The largest absolute Gasteiger partial charge is 0.375 e. The van der Waals surface area contributed by atoms with Crippen LogP contribution in [-0.4, -0.2) is 11.6 Å². The number of hydrogen-bond donors (Lipinski definition) is 1. The Kier molecular flexibility index (Phi) is 1.54. The summed E-state index contributed by atoms with van der Waals surface area (Å²) in [5, 5.41) is 0.420. The molecule has 11 heavy (non-hydrogen) atoms. The molecule has 0 aliphatic carbocycles. The maximum Gasteiger partial charge on any atom is 0.180 e. The van der Waals surface area contributed by atoms with Gasteiger partial charge >= 0.3 is 0 Å². The summed E-state index contributed by atoms with van der Waals surface area (Å²) in [6.45, 7) is 0.526. The van der Waals surface area contributed by atoms with Gasteiger partial charge in [0, 0.05) is 0 Å². The van der Waals surface area contributed by atoms with Gasteiger partial charge in [0.15, 0.2) is 11.3 Å². The topological polar surface area (TPSA) is 48.1 Å². The third kappa shape index (κ3) is 1.10.